The van der Waals surface area contributed by atoms with Gasteiger partial charge in [-0.2, -0.15) is 0 Å². The second-order valence-corrected chi connectivity index (χ2v) is 4.44. The van der Waals surface area contributed by atoms with Crippen LogP contribution in [0.25, 0.3) is 0 Å². The minimum Gasteiger partial charge on any atom is -0.380 e. The lowest BCUT2D eigenvalue weighted by molar-refractivity contribution is 0.125. The van der Waals surface area contributed by atoms with Gasteiger partial charge in [0.25, 0.3) is 0 Å². The van der Waals surface area contributed by atoms with Gasteiger partial charge in [0.15, 0.2) is 5.96 Å². The van der Waals surface area contributed by atoms with E-state index < -0.39 is 0 Å². The molecule has 1 aliphatic heterocycles. The zero-order valence-corrected chi connectivity index (χ0v) is 10.1. The molecule has 15 heavy (non-hydrogen) atoms. The number of hydrogen-bond donors (Lipinski definition) is 1. The van der Waals surface area contributed by atoms with Crippen LogP contribution < -0.4 is 5.73 Å². The van der Waals surface area contributed by atoms with E-state index >= 15 is 0 Å². The summed E-state index contributed by atoms with van der Waals surface area (Å²) in [4.78, 5) is 6.53. The molecule has 0 aromatic heterocycles. The van der Waals surface area contributed by atoms with Crippen LogP contribution in [-0.4, -0.2) is 43.7 Å². The van der Waals surface area contributed by atoms with E-state index in [9.17, 15) is 0 Å². The fraction of sp³-hybridized carbons (Fsp3) is 0.909. The highest BCUT2D eigenvalue weighted by molar-refractivity contribution is 5.78. The van der Waals surface area contributed by atoms with Crippen molar-refractivity contribution in [2.75, 3.05) is 26.7 Å². The minimum atomic E-state index is 0.144. The quantitative estimate of drug-likeness (QED) is 0.563. The van der Waals surface area contributed by atoms with Crippen molar-refractivity contribution in [2.45, 2.75) is 32.8 Å². The number of likely N-dealkylation sites (tertiary alicyclic amines) is 1. The Morgan fingerprint density at radius 3 is 3.00 bits per heavy atom. The first-order chi connectivity index (χ1) is 7.13. The number of methoxy groups -OCH3 is 1. The SMILES string of the molecule is CO[C@@H](C)CN=C(N)N1CCC[C@@H](C)C1. The molecular formula is C11H23N3O. The Morgan fingerprint density at radius 2 is 2.40 bits per heavy atom. The van der Waals surface area contributed by atoms with Crippen LogP contribution >= 0.6 is 0 Å². The molecule has 4 heteroatoms. The van der Waals surface area contributed by atoms with Crippen LogP contribution in [0.4, 0.5) is 0 Å². The van der Waals surface area contributed by atoms with Gasteiger partial charge in [0.1, 0.15) is 0 Å². The van der Waals surface area contributed by atoms with Gasteiger partial charge in [0.2, 0.25) is 0 Å². The zero-order valence-electron chi connectivity index (χ0n) is 10.1. The fourth-order valence-electron chi connectivity index (χ4n) is 1.79. The summed E-state index contributed by atoms with van der Waals surface area (Å²) in [6, 6.07) is 0. The summed E-state index contributed by atoms with van der Waals surface area (Å²) >= 11 is 0. The first-order valence-corrected chi connectivity index (χ1v) is 5.71. The Kier molecular flexibility index (Phi) is 4.88. The molecule has 0 spiro atoms. The molecule has 0 bridgehead atoms. The normalized spacial score (nSPS) is 25.4. The van der Waals surface area contributed by atoms with Crippen molar-refractivity contribution in [1.29, 1.82) is 0 Å². The summed E-state index contributed by atoms with van der Waals surface area (Å²) in [5, 5.41) is 0. The van der Waals surface area contributed by atoms with E-state index in [0.29, 0.717) is 12.5 Å². The highest BCUT2D eigenvalue weighted by Crippen LogP contribution is 2.14. The summed E-state index contributed by atoms with van der Waals surface area (Å²) in [6.45, 7) is 6.98. The van der Waals surface area contributed by atoms with Crippen molar-refractivity contribution in [3.63, 3.8) is 0 Å². The number of rotatable bonds is 3. The van der Waals surface area contributed by atoms with Gasteiger partial charge in [-0.25, -0.2) is 0 Å². The fourth-order valence-corrected chi connectivity index (χ4v) is 1.79. The molecule has 0 amide bonds. The lowest BCUT2D eigenvalue weighted by Crippen LogP contribution is -2.43. The number of hydrogen-bond acceptors (Lipinski definition) is 2. The average Bonchev–Trinajstić information content (AvgIpc) is 2.25. The summed E-state index contributed by atoms with van der Waals surface area (Å²) < 4.78 is 5.13. The maximum atomic E-state index is 5.93. The van der Waals surface area contributed by atoms with E-state index in [-0.39, 0.29) is 6.10 Å². The van der Waals surface area contributed by atoms with Crippen molar-refractivity contribution in [1.82, 2.24) is 4.90 Å². The first kappa shape index (κ1) is 12.3. The average molecular weight is 213 g/mol. The number of aliphatic imine (C=N–C) groups is 1. The number of piperidine rings is 1. The maximum absolute atomic E-state index is 5.93. The summed E-state index contributed by atoms with van der Waals surface area (Å²) in [5.74, 6) is 1.40. The molecule has 0 saturated carbocycles. The lowest BCUT2D eigenvalue weighted by atomic mass is 10.0. The second kappa shape index (κ2) is 5.95. The molecule has 1 aliphatic rings. The third-order valence-electron chi connectivity index (χ3n) is 2.89. The monoisotopic (exact) mass is 213 g/mol. The van der Waals surface area contributed by atoms with Crippen molar-refractivity contribution >= 4 is 5.96 Å². The van der Waals surface area contributed by atoms with Crippen LogP contribution in [0.1, 0.15) is 26.7 Å². The van der Waals surface area contributed by atoms with Crippen LogP contribution in [0.5, 0.6) is 0 Å². The van der Waals surface area contributed by atoms with Crippen molar-refractivity contribution in [2.24, 2.45) is 16.6 Å². The van der Waals surface area contributed by atoms with Crippen molar-refractivity contribution < 1.29 is 4.74 Å². The largest absolute Gasteiger partial charge is 0.380 e. The summed E-state index contributed by atoms with van der Waals surface area (Å²) in [7, 11) is 1.69. The molecule has 4 nitrogen and oxygen atoms in total. The third-order valence-corrected chi connectivity index (χ3v) is 2.89. The highest BCUT2D eigenvalue weighted by Gasteiger charge is 2.17. The highest BCUT2D eigenvalue weighted by atomic mass is 16.5. The number of nitrogens with zero attached hydrogens (tertiary/aromatic N) is 2. The predicted octanol–water partition coefficient (Wildman–Crippen LogP) is 1.07. The molecule has 2 N–H and O–H groups in total. The molecule has 1 saturated heterocycles. The van der Waals surface area contributed by atoms with E-state index in [2.05, 4.69) is 16.8 Å². The van der Waals surface area contributed by atoms with Gasteiger partial charge < -0.3 is 15.4 Å². The standard InChI is InChI=1S/C11H23N3O/c1-9-5-4-6-14(8-9)11(12)13-7-10(2)15-3/h9-10H,4-8H2,1-3H3,(H2,12,13)/t9-,10+/m1/s1. The molecule has 2 atom stereocenters. The van der Waals surface area contributed by atoms with E-state index in [1.54, 1.807) is 7.11 Å². The molecule has 0 radical (unpaired) electrons. The van der Waals surface area contributed by atoms with Crippen molar-refractivity contribution in [3.8, 4) is 0 Å². The number of guanidine groups is 1. The van der Waals surface area contributed by atoms with E-state index in [1.807, 2.05) is 6.92 Å². The van der Waals surface area contributed by atoms with Crippen LogP contribution in [0.15, 0.2) is 4.99 Å². The van der Waals surface area contributed by atoms with E-state index in [1.165, 1.54) is 12.8 Å². The lowest BCUT2D eigenvalue weighted by Gasteiger charge is -2.31. The topological polar surface area (TPSA) is 50.9 Å². The Morgan fingerprint density at radius 1 is 1.67 bits per heavy atom. The van der Waals surface area contributed by atoms with Crippen LogP contribution in [0, 0.1) is 5.92 Å². The zero-order chi connectivity index (χ0) is 11.3. The van der Waals surface area contributed by atoms with Gasteiger partial charge in [-0.05, 0) is 25.7 Å². The molecule has 1 heterocycles. The Hall–Kier alpha value is -0.770. The molecule has 88 valence electrons. The Labute approximate surface area is 92.5 Å². The predicted molar refractivity (Wildman–Crippen MR) is 62.9 cm³/mol. The summed E-state index contributed by atoms with van der Waals surface area (Å²) in [5.41, 5.74) is 5.93. The van der Waals surface area contributed by atoms with Gasteiger partial charge in [0.05, 0.1) is 12.6 Å². The number of ether oxygens (including phenoxy) is 1. The van der Waals surface area contributed by atoms with Crippen LogP contribution in [-0.2, 0) is 4.74 Å². The summed E-state index contributed by atoms with van der Waals surface area (Å²) in [6.07, 6.45) is 2.67. The molecule has 0 unspecified atom stereocenters. The molecule has 1 rings (SSSR count). The molecule has 0 aromatic rings. The number of nitrogens with two attached hydrogens (primary N) is 1. The molecule has 1 fully saturated rings. The van der Waals surface area contributed by atoms with Gasteiger partial charge in [-0.15, -0.1) is 0 Å². The molecule has 0 aromatic carbocycles. The van der Waals surface area contributed by atoms with E-state index in [0.717, 1.165) is 19.0 Å². The van der Waals surface area contributed by atoms with E-state index in [4.69, 9.17) is 10.5 Å². The van der Waals surface area contributed by atoms with Gasteiger partial charge >= 0.3 is 0 Å². The van der Waals surface area contributed by atoms with Crippen LogP contribution in [0.2, 0.25) is 0 Å². The Balaban J connectivity index is 2.40. The molecule has 0 aliphatic carbocycles. The van der Waals surface area contributed by atoms with Crippen molar-refractivity contribution in [3.05, 3.63) is 0 Å². The minimum absolute atomic E-state index is 0.144. The smallest absolute Gasteiger partial charge is 0.191 e. The van der Waals surface area contributed by atoms with Gasteiger partial charge in [-0.3, -0.25) is 4.99 Å². The van der Waals surface area contributed by atoms with Crippen LogP contribution in [0.3, 0.4) is 0 Å². The van der Waals surface area contributed by atoms with Gasteiger partial charge in [-0.1, -0.05) is 6.92 Å². The Bertz CT molecular complexity index is 218. The first-order valence-electron chi connectivity index (χ1n) is 5.71. The molecular weight excluding hydrogens is 190 g/mol. The third kappa shape index (κ3) is 4.08. The van der Waals surface area contributed by atoms with Gasteiger partial charge in [0, 0.05) is 20.2 Å². The maximum Gasteiger partial charge on any atom is 0.191 e. The second-order valence-electron chi connectivity index (χ2n) is 4.44.